The molecule has 4 rings (SSSR count). The predicted octanol–water partition coefficient (Wildman–Crippen LogP) is 5.76. The van der Waals surface area contributed by atoms with E-state index in [1.54, 1.807) is 4.57 Å². The van der Waals surface area contributed by atoms with Crippen LogP contribution in [-0.4, -0.2) is 33.1 Å². The molecule has 1 atom stereocenters. The molecule has 6 heteroatoms. The lowest BCUT2D eigenvalue weighted by Gasteiger charge is -2.33. The number of carbonyl (C=O) groups excluding carboxylic acids is 1. The van der Waals surface area contributed by atoms with Crippen LogP contribution in [0.4, 0.5) is 4.79 Å². The molecule has 1 aliphatic rings. The fraction of sp³-hybridized carbons (Fsp3) is 0.464. The van der Waals surface area contributed by atoms with Crippen molar-refractivity contribution in [3.8, 4) is 5.69 Å². The van der Waals surface area contributed by atoms with Gasteiger partial charge >= 0.3 is 6.03 Å². The molecule has 6 nitrogen and oxygen atoms in total. The van der Waals surface area contributed by atoms with Gasteiger partial charge in [0.2, 0.25) is 0 Å². The van der Waals surface area contributed by atoms with Crippen molar-refractivity contribution in [3.05, 3.63) is 70.3 Å². The second kappa shape index (κ2) is 10.9. The predicted molar refractivity (Wildman–Crippen MR) is 138 cm³/mol. The van der Waals surface area contributed by atoms with E-state index < -0.39 is 0 Å². The Morgan fingerprint density at radius 3 is 2.47 bits per heavy atom. The number of benzene rings is 2. The number of urea groups is 1. The van der Waals surface area contributed by atoms with Crippen molar-refractivity contribution in [2.24, 2.45) is 0 Å². The third-order valence-corrected chi connectivity index (χ3v) is 6.90. The normalized spacial score (nSPS) is 15.3. The fourth-order valence-electron chi connectivity index (χ4n) is 4.92. The molecule has 0 spiro atoms. The van der Waals surface area contributed by atoms with E-state index in [1.807, 2.05) is 60.4 Å². The molecule has 34 heavy (non-hydrogen) atoms. The number of hydrogen-bond donors (Lipinski definition) is 1. The molecular formula is C28H36N4O2. The zero-order chi connectivity index (χ0) is 24.1. The molecule has 1 N–H and O–H groups in total. The SMILES string of the molecule is CCCN(C(=O)NC1CCCCC1)C(C)c1nc2ccccc2c(=O)n1-c1ccc(CC)cc1. The van der Waals surface area contributed by atoms with Gasteiger partial charge in [-0.2, -0.15) is 0 Å². The minimum Gasteiger partial charge on any atom is -0.335 e. The number of nitrogens with one attached hydrogen (secondary N) is 1. The molecule has 180 valence electrons. The number of rotatable bonds is 7. The summed E-state index contributed by atoms with van der Waals surface area (Å²) in [5.74, 6) is 0.584. The monoisotopic (exact) mass is 460 g/mol. The largest absolute Gasteiger partial charge is 0.335 e. The van der Waals surface area contributed by atoms with Crippen LogP contribution in [-0.2, 0) is 6.42 Å². The first-order valence-corrected chi connectivity index (χ1v) is 12.7. The maximum Gasteiger partial charge on any atom is 0.318 e. The molecular weight excluding hydrogens is 424 g/mol. The molecule has 1 fully saturated rings. The van der Waals surface area contributed by atoms with Crippen molar-refractivity contribution in [1.82, 2.24) is 19.8 Å². The van der Waals surface area contributed by atoms with Gasteiger partial charge in [-0.3, -0.25) is 9.36 Å². The maximum atomic E-state index is 13.7. The quantitative estimate of drug-likeness (QED) is 0.487. The number of nitrogens with zero attached hydrogens (tertiary/aromatic N) is 3. The Balaban J connectivity index is 1.78. The first-order valence-electron chi connectivity index (χ1n) is 12.7. The Labute approximate surface area is 202 Å². The van der Waals surface area contributed by atoms with Crippen molar-refractivity contribution >= 4 is 16.9 Å². The second-order valence-electron chi connectivity index (χ2n) is 9.30. The maximum absolute atomic E-state index is 13.7. The van der Waals surface area contributed by atoms with E-state index in [0.717, 1.165) is 44.2 Å². The average Bonchev–Trinajstić information content (AvgIpc) is 2.87. The molecule has 1 aliphatic carbocycles. The van der Waals surface area contributed by atoms with Gasteiger partial charge in [-0.1, -0.05) is 57.4 Å². The number of para-hydroxylation sites is 1. The van der Waals surface area contributed by atoms with E-state index in [2.05, 4.69) is 19.2 Å². The average molecular weight is 461 g/mol. The van der Waals surface area contributed by atoms with Crippen LogP contribution in [0.2, 0.25) is 0 Å². The molecule has 0 aliphatic heterocycles. The van der Waals surface area contributed by atoms with Crippen LogP contribution in [0.3, 0.4) is 0 Å². The van der Waals surface area contributed by atoms with E-state index in [-0.39, 0.29) is 23.7 Å². The standard InChI is InChI=1S/C28H36N4O2/c1-4-19-31(28(34)29-22-11-7-6-8-12-22)20(3)26-30-25-14-10-9-13-24(25)27(33)32(26)23-17-15-21(5-2)16-18-23/h9-10,13-18,20,22H,4-8,11-12,19H2,1-3H3,(H,29,34). The topological polar surface area (TPSA) is 67.2 Å². The van der Waals surface area contributed by atoms with Crippen molar-refractivity contribution < 1.29 is 4.79 Å². The van der Waals surface area contributed by atoms with Crippen molar-refractivity contribution in [3.63, 3.8) is 0 Å². The molecule has 1 saturated carbocycles. The summed E-state index contributed by atoms with van der Waals surface area (Å²) in [5.41, 5.74) is 2.52. The molecule has 3 aromatic rings. The van der Waals surface area contributed by atoms with Crippen molar-refractivity contribution in [2.75, 3.05) is 6.54 Å². The first-order chi connectivity index (χ1) is 16.5. The summed E-state index contributed by atoms with van der Waals surface area (Å²) in [7, 11) is 0. The summed E-state index contributed by atoms with van der Waals surface area (Å²) in [6.45, 7) is 6.75. The molecule has 2 amide bonds. The highest BCUT2D eigenvalue weighted by atomic mass is 16.2. The van der Waals surface area contributed by atoms with Gasteiger partial charge in [0, 0.05) is 12.6 Å². The summed E-state index contributed by atoms with van der Waals surface area (Å²) in [6.07, 6.45) is 7.38. The van der Waals surface area contributed by atoms with Gasteiger partial charge in [0.1, 0.15) is 5.82 Å². The van der Waals surface area contributed by atoms with Gasteiger partial charge in [-0.15, -0.1) is 0 Å². The molecule has 1 heterocycles. The molecule has 1 aromatic heterocycles. The smallest absolute Gasteiger partial charge is 0.318 e. The third kappa shape index (κ3) is 5.01. The van der Waals surface area contributed by atoms with Crippen LogP contribution in [0.5, 0.6) is 0 Å². The van der Waals surface area contributed by atoms with E-state index in [1.165, 1.54) is 12.0 Å². The zero-order valence-electron chi connectivity index (χ0n) is 20.6. The Bertz CT molecular complexity index is 1180. The first kappa shape index (κ1) is 24.0. The summed E-state index contributed by atoms with van der Waals surface area (Å²) < 4.78 is 1.68. The summed E-state index contributed by atoms with van der Waals surface area (Å²) in [6, 6.07) is 15.3. The molecule has 0 saturated heterocycles. The number of aryl methyl sites for hydroxylation is 1. The highest BCUT2D eigenvalue weighted by Crippen LogP contribution is 2.24. The number of amides is 2. The fourth-order valence-corrected chi connectivity index (χ4v) is 4.92. The zero-order valence-corrected chi connectivity index (χ0v) is 20.6. The third-order valence-electron chi connectivity index (χ3n) is 6.90. The Kier molecular flexibility index (Phi) is 7.66. The van der Waals surface area contributed by atoms with Gasteiger partial charge in [0.05, 0.1) is 22.6 Å². The number of fused-ring (bicyclic) bond motifs is 1. The van der Waals surface area contributed by atoms with Gasteiger partial charge in [-0.05, 0) is 62.4 Å². The van der Waals surface area contributed by atoms with Crippen LogP contribution in [0.15, 0.2) is 53.3 Å². The van der Waals surface area contributed by atoms with Crippen molar-refractivity contribution in [2.45, 2.75) is 77.8 Å². The van der Waals surface area contributed by atoms with Crippen molar-refractivity contribution in [1.29, 1.82) is 0 Å². The van der Waals surface area contributed by atoms with E-state index >= 15 is 0 Å². The van der Waals surface area contributed by atoms with Crippen LogP contribution >= 0.6 is 0 Å². The minimum absolute atomic E-state index is 0.0726. The number of hydrogen-bond acceptors (Lipinski definition) is 3. The molecule has 0 radical (unpaired) electrons. The summed E-state index contributed by atoms with van der Waals surface area (Å²) in [5, 5.41) is 3.83. The van der Waals surface area contributed by atoms with E-state index in [0.29, 0.717) is 23.3 Å². The Morgan fingerprint density at radius 1 is 1.09 bits per heavy atom. The van der Waals surface area contributed by atoms with Gasteiger partial charge in [0.25, 0.3) is 5.56 Å². The van der Waals surface area contributed by atoms with Crippen LogP contribution in [0.1, 0.15) is 76.7 Å². The number of aromatic nitrogens is 2. The lowest BCUT2D eigenvalue weighted by atomic mass is 9.96. The Hall–Kier alpha value is -3.15. The highest BCUT2D eigenvalue weighted by Gasteiger charge is 2.28. The minimum atomic E-state index is -0.369. The second-order valence-corrected chi connectivity index (χ2v) is 9.30. The van der Waals surface area contributed by atoms with Crippen LogP contribution < -0.4 is 10.9 Å². The van der Waals surface area contributed by atoms with Crippen LogP contribution in [0.25, 0.3) is 16.6 Å². The van der Waals surface area contributed by atoms with Gasteiger partial charge in [-0.25, -0.2) is 9.78 Å². The van der Waals surface area contributed by atoms with E-state index in [4.69, 9.17) is 4.98 Å². The lowest BCUT2D eigenvalue weighted by molar-refractivity contribution is 0.169. The van der Waals surface area contributed by atoms with Gasteiger partial charge in [0.15, 0.2) is 0 Å². The van der Waals surface area contributed by atoms with Crippen LogP contribution in [0, 0.1) is 0 Å². The highest BCUT2D eigenvalue weighted by molar-refractivity contribution is 5.78. The summed E-state index contributed by atoms with van der Waals surface area (Å²) in [4.78, 5) is 33.8. The number of carbonyl (C=O) groups is 1. The van der Waals surface area contributed by atoms with E-state index in [9.17, 15) is 9.59 Å². The molecule has 2 aromatic carbocycles. The molecule has 0 bridgehead atoms. The molecule has 1 unspecified atom stereocenters. The van der Waals surface area contributed by atoms with Gasteiger partial charge < -0.3 is 10.2 Å². The Morgan fingerprint density at radius 2 is 1.79 bits per heavy atom. The summed E-state index contributed by atoms with van der Waals surface area (Å²) >= 11 is 0. The lowest BCUT2D eigenvalue weighted by Crippen LogP contribution is -2.47.